The van der Waals surface area contributed by atoms with Gasteiger partial charge >= 0.3 is 6.18 Å². The van der Waals surface area contributed by atoms with Gasteiger partial charge in [-0.1, -0.05) is 42.5 Å². The fourth-order valence-corrected chi connectivity index (χ4v) is 2.46. The van der Waals surface area contributed by atoms with Gasteiger partial charge in [-0.3, -0.25) is 4.79 Å². The summed E-state index contributed by atoms with van der Waals surface area (Å²) in [6, 6.07) is 14.3. The number of amides is 1. The largest absolute Gasteiger partial charge is 0.416 e. The number of hydrogen-bond acceptors (Lipinski definition) is 3. The zero-order valence-corrected chi connectivity index (χ0v) is 14.2. The molecule has 0 fully saturated rings. The first-order valence-electron chi connectivity index (χ1n) is 8.25. The number of benzene rings is 2. The van der Waals surface area contributed by atoms with E-state index < -0.39 is 11.7 Å². The van der Waals surface area contributed by atoms with Gasteiger partial charge in [-0.05, 0) is 24.1 Å². The molecule has 4 nitrogen and oxygen atoms in total. The predicted octanol–water partition coefficient (Wildman–Crippen LogP) is 4.13. The minimum atomic E-state index is -4.35. The summed E-state index contributed by atoms with van der Waals surface area (Å²) in [4.78, 5) is 20.5. The molecule has 0 spiro atoms. The van der Waals surface area contributed by atoms with Crippen molar-refractivity contribution in [3.63, 3.8) is 0 Å². The summed E-state index contributed by atoms with van der Waals surface area (Å²) in [6.07, 6.45) is -1.03. The Morgan fingerprint density at radius 2 is 1.56 bits per heavy atom. The molecule has 1 N–H and O–H groups in total. The van der Waals surface area contributed by atoms with Crippen molar-refractivity contribution >= 4 is 5.91 Å². The molecule has 2 aromatic carbocycles. The summed E-state index contributed by atoms with van der Waals surface area (Å²) in [5.41, 5.74) is 1.19. The molecule has 0 aliphatic carbocycles. The molecule has 0 bridgehead atoms. The number of carbonyl (C=O) groups is 1. The quantitative estimate of drug-likeness (QED) is 0.734. The standard InChI is InChI=1S/C20H16F3N3O/c21-20(22,23)17-8-6-14(7-9-17)10-11-24-19(27)16-12-25-18(26-13-16)15-4-2-1-3-5-15/h1-9,12-13H,10-11H2,(H,24,27). The molecule has 1 aromatic heterocycles. The average molecular weight is 371 g/mol. The van der Waals surface area contributed by atoms with Gasteiger partial charge in [0, 0.05) is 24.5 Å². The fraction of sp³-hybridized carbons (Fsp3) is 0.150. The van der Waals surface area contributed by atoms with Crippen LogP contribution in [-0.4, -0.2) is 22.4 Å². The monoisotopic (exact) mass is 371 g/mol. The highest BCUT2D eigenvalue weighted by molar-refractivity contribution is 5.93. The summed E-state index contributed by atoms with van der Waals surface area (Å²) >= 11 is 0. The Labute approximate surface area is 154 Å². The van der Waals surface area contributed by atoms with E-state index in [0.717, 1.165) is 17.7 Å². The zero-order valence-electron chi connectivity index (χ0n) is 14.2. The Hall–Kier alpha value is -3.22. The summed E-state index contributed by atoms with van der Waals surface area (Å²) in [6.45, 7) is 0.296. The van der Waals surface area contributed by atoms with Crippen molar-refractivity contribution in [3.8, 4) is 11.4 Å². The van der Waals surface area contributed by atoms with Gasteiger partial charge in [0.15, 0.2) is 5.82 Å². The third kappa shape index (κ3) is 4.91. The van der Waals surface area contributed by atoms with E-state index in [9.17, 15) is 18.0 Å². The smallest absolute Gasteiger partial charge is 0.352 e. The second-order valence-corrected chi connectivity index (χ2v) is 5.86. The Morgan fingerprint density at radius 1 is 0.926 bits per heavy atom. The van der Waals surface area contributed by atoms with Gasteiger partial charge in [-0.25, -0.2) is 9.97 Å². The molecule has 3 rings (SSSR count). The van der Waals surface area contributed by atoms with Crippen LogP contribution in [0.3, 0.4) is 0 Å². The third-order valence-corrected chi connectivity index (χ3v) is 3.93. The lowest BCUT2D eigenvalue weighted by Gasteiger charge is -2.08. The molecule has 0 unspecified atom stereocenters. The number of alkyl halides is 3. The molecule has 7 heteroatoms. The first kappa shape index (κ1) is 18.6. The van der Waals surface area contributed by atoms with Crippen LogP contribution in [0, 0.1) is 0 Å². The van der Waals surface area contributed by atoms with E-state index in [1.807, 2.05) is 30.3 Å². The number of nitrogens with zero attached hydrogens (tertiary/aromatic N) is 2. The molecule has 27 heavy (non-hydrogen) atoms. The first-order chi connectivity index (χ1) is 12.9. The SMILES string of the molecule is O=C(NCCc1ccc(C(F)(F)F)cc1)c1cnc(-c2ccccc2)nc1. The van der Waals surface area contributed by atoms with Gasteiger partial charge in [0.05, 0.1) is 11.1 Å². The highest BCUT2D eigenvalue weighted by Gasteiger charge is 2.29. The maximum absolute atomic E-state index is 12.5. The molecule has 0 atom stereocenters. The minimum Gasteiger partial charge on any atom is -0.352 e. The van der Waals surface area contributed by atoms with E-state index in [-0.39, 0.29) is 5.91 Å². The topological polar surface area (TPSA) is 54.9 Å². The molecule has 1 amide bonds. The van der Waals surface area contributed by atoms with Gasteiger partial charge in [-0.2, -0.15) is 13.2 Å². The van der Waals surface area contributed by atoms with Crippen LogP contribution >= 0.6 is 0 Å². The van der Waals surface area contributed by atoms with E-state index in [1.165, 1.54) is 24.5 Å². The Bertz CT molecular complexity index is 893. The lowest BCUT2D eigenvalue weighted by atomic mass is 10.1. The number of hydrogen-bond donors (Lipinski definition) is 1. The second kappa shape index (κ2) is 7.99. The molecule has 138 valence electrons. The molecule has 3 aromatic rings. The Balaban J connectivity index is 1.53. The van der Waals surface area contributed by atoms with E-state index in [1.54, 1.807) is 0 Å². The maximum Gasteiger partial charge on any atom is 0.416 e. The van der Waals surface area contributed by atoms with Crippen LogP contribution in [0.5, 0.6) is 0 Å². The highest BCUT2D eigenvalue weighted by atomic mass is 19.4. The molecule has 0 aliphatic heterocycles. The van der Waals surface area contributed by atoms with E-state index in [2.05, 4.69) is 15.3 Å². The van der Waals surface area contributed by atoms with Crippen molar-refractivity contribution in [2.75, 3.05) is 6.54 Å². The maximum atomic E-state index is 12.5. The van der Waals surface area contributed by atoms with Crippen LogP contribution in [0.15, 0.2) is 67.0 Å². The molecular weight excluding hydrogens is 355 g/mol. The molecule has 0 saturated heterocycles. The lowest BCUT2D eigenvalue weighted by Crippen LogP contribution is -2.26. The van der Waals surface area contributed by atoms with Crippen LogP contribution in [0.4, 0.5) is 13.2 Å². The summed E-state index contributed by atoms with van der Waals surface area (Å²) in [5.74, 6) is 0.193. The Kier molecular flexibility index (Phi) is 5.49. The van der Waals surface area contributed by atoms with E-state index in [0.29, 0.717) is 29.9 Å². The van der Waals surface area contributed by atoms with E-state index >= 15 is 0 Å². The van der Waals surface area contributed by atoms with Crippen molar-refractivity contribution in [2.24, 2.45) is 0 Å². The van der Waals surface area contributed by atoms with Crippen molar-refractivity contribution in [3.05, 3.63) is 83.7 Å². The van der Waals surface area contributed by atoms with Crippen LogP contribution in [-0.2, 0) is 12.6 Å². The molecule has 0 radical (unpaired) electrons. The van der Waals surface area contributed by atoms with Crippen LogP contribution in [0.1, 0.15) is 21.5 Å². The van der Waals surface area contributed by atoms with Gasteiger partial charge < -0.3 is 5.32 Å². The predicted molar refractivity (Wildman–Crippen MR) is 94.9 cm³/mol. The van der Waals surface area contributed by atoms with Crippen LogP contribution in [0.2, 0.25) is 0 Å². The second-order valence-electron chi connectivity index (χ2n) is 5.86. The highest BCUT2D eigenvalue weighted by Crippen LogP contribution is 2.29. The zero-order chi connectivity index (χ0) is 19.3. The summed E-state index contributed by atoms with van der Waals surface area (Å²) in [7, 11) is 0. The summed E-state index contributed by atoms with van der Waals surface area (Å²) in [5, 5.41) is 2.71. The van der Waals surface area contributed by atoms with Crippen LogP contribution in [0.25, 0.3) is 11.4 Å². The van der Waals surface area contributed by atoms with E-state index in [4.69, 9.17) is 0 Å². The van der Waals surface area contributed by atoms with Gasteiger partial charge in [0.25, 0.3) is 5.91 Å². The van der Waals surface area contributed by atoms with Gasteiger partial charge in [-0.15, -0.1) is 0 Å². The number of carbonyl (C=O) groups excluding carboxylic acids is 1. The molecular formula is C20H16F3N3O. The molecule has 1 heterocycles. The van der Waals surface area contributed by atoms with Gasteiger partial charge in [0.1, 0.15) is 0 Å². The fourth-order valence-electron chi connectivity index (χ4n) is 2.46. The number of halogens is 3. The van der Waals surface area contributed by atoms with Crippen molar-refractivity contribution in [1.82, 2.24) is 15.3 Å². The van der Waals surface area contributed by atoms with Crippen molar-refractivity contribution in [2.45, 2.75) is 12.6 Å². The van der Waals surface area contributed by atoms with Crippen molar-refractivity contribution in [1.29, 1.82) is 0 Å². The van der Waals surface area contributed by atoms with Crippen molar-refractivity contribution < 1.29 is 18.0 Å². The minimum absolute atomic E-state index is 0.296. The summed E-state index contributed by atoms with van der Waals surface area (Å²) < 4.78 is 37.6. The number of rotatable bonds is 5. The first-order valence-corrected chi connectivity index (χ1v) is 8.25. The van der Waals surface area contributed by atoms with Crippen LogP contribution < -0.4 is 5.32 Å². The molecule has 0 aliphatic rings. The number of aromatic nitrogens is 2. The molecule has 0 saturated carbocycles. The Morgan fingerprint density at radius 3 is 2.15 bits per heavy atom. The van der Waals surface area contributed by atoms with Gasteiger partial charge in [0.2, 0.25) is 0 Å². The number of nitrogens with one attached hydrogen (secondary N) is 1. The third-order valence-electron chi connectivity index (χ3n) is 3.93. The average Bonchev–Trinajstić information content (AvgIpc) is 2.68. The lowest BCUT2D eigenvalue weighted by molar-refractivity contribution is -0.137. The normalized spacial score (nSPS) is 11.2.